The maximum Gasteiger partial charge on any atom is 0.305 e. The summed E-state index contributed by atoms with van der Waals surface area (Å²) >= 11 is 11.8. The third-order valence-corrected chi connectivity index (χ3v) is 4.61. The molecule has 9 nitrogen and oxygen atoms in total. The molecule has 0 spiro atoms. The number of aliphatic carboxylic acids is 1. The van der Waals surface area contributed by atoms with E-state index in [0.29, 0.717) is 16.3 Å². The van der Waals surface area contributed by atoms with Crippen LogP contribution in [0.1, 0.15) is 28.4 Å². The lowest BCUT2D eigenvalue weighted by Gasteiger charge is -2.18. The van der Waals surface area contributed by atoms with E-state index >= 15 is 0 Å². The van der Waals surface area contributed by atoms with Crippen molar-refractivity contribution in [2.45, 2.75) is 12.5 Å². The third-order valence-electron chi connectivity index (χ3n) is 3.87. The maximum absolute atomic E-state index is 12.3. The molecule has 0 fully saturated rings. The van der Waals surface area contributed by atoms with Gasteiger partial charge in [0, 0.05) is 11.3 Å². The van der Waals surface area contributed by atoms with Gasteiger partial charge >= 0.3 is 5.97 Å². The van der Waals surface area contributed by atoms with Crippen LogP contribution < -0.4 is 21.7 Å². The highest BCUT2D eigenvalue weighted by atomic mass is 35.5. The van der Waals surface area contributed by atoms with Crippen molar-refractivity contribution < 1.29 is 19.5 Å². The number of benzene rings is 2. The minimum atomic E-state index is -1.12. The van der Waals surface area contributed by atoms with E-state index < -0.39 is 23.8 Å². The summed E-state index contributed by atoms with van der Waals surface area (Å²) in [4.78, 5) is 35.7. The molecule has 30 heavy (non-hydrogen) atoms. The Kier molecular flexibility index (Phi) is 8.02. The first-order chi connectivity index (χ1) is 14.2. The molecule has 0 aliphatic heterocycles. The first-order valence-corrected chi connectivity index (χ1v) is 9.36. The quantitative estimate of drug-likeness (QED) is 0.267. The Labute approximate surface area is 182 Å². The molecule has 1 atom stereocenters. The summed E-state index contributed by atoms with van der Waals surface area (Å²) in [6, 6.07) is 9.90. The Morgan fingerprint density at radius 2 is 1.83 bits per heavy atom. The molecule has 2 rings (SSSR count). The minimum Gasteiger partial charge on any atom is -0.481 e. The van der Waals surface area contributed by atoms with E-state index in [1.54, 1.807) is 18.2 Å². The second-order valence-electron chi connectivity index (χ2n) is 6.19. The third kappa shape index (κ3) is 6.94. The molecule has 0 radical (unpaired) electrons. The van der Waals surface area contributed by atoms with E-state index in [0.717, 1.165) is 0 Å². The monoisotopic (exact) mass is 451 g/mol. The van der Waals surface area contributed by atoms with Gasteiger partial charge in [-0.15, -0.1) is 0 Å². The van der Waals surface area contributed by atoms with Crippen LogP contribution in [0.15, 0.2) is 42.5 Å². The van der Waals surface area contributed by atoms with Gasteiger partial charge in [0.25, 0.3) is 5.91 Å². The van der Waals surface area contributed by atoms with Gasteiger partial charge in [-0.2, -0.15) is 0 Å². The largest absolute Gasteiger partial charge is 0.481 e. The van der Waals surface area contributed by atoms with Gasteiger partial charge in [0.15, 0.2) is 5.96 Å². The van der Waals surface area contributed by atoms with Crippen molar-refractivity contribution in [2.24, 2.45) is 5.73 Å². The average molecular weight is 452 g/mol. The number of carbonyl (C=O) groups is 3. The van der Waals surface area contributed by atoms with Crippen molar-refractivity contribution in [1.29, 1.82) is 5.41 Å². The van der Waals surface area contributed by atoms with Crippen LogP contribution in [0.25, 0.3) is 0 Å². The highest BCUT2D eigenvalue weighted by Gasteiger charge is 2.19. The number of guanidine groups is 1. The van der Waals surface area contributed by atoms with Crippen molar-refractivity contribution in [3.05, 3.63) is 63.6 Å². The van der Waals surface area contributed by atoms with Crippen molar-refractivity contribution >= 4 is 52.6 Å². The fraction of sp³-hybridized carbons (Fsp3) is 0.158. The standard InChI is InChI=1S/C19H19Cl2N5O4/c20-13-5-4-10(7-14(13)21)15(8-17(28)29)26-16(27)9-24-18(30)11-2-1-3-12(6-11)25-19(22)23/h1-7,15H,8-9H2,(H,24,30)(H,26,27)(H,28,29)(H4,22,23,25). The highest BCUT2D eigenvalue weighted by molar-refractivity contribution is 6.42. The summed E-state index contributed by atoms with van der Waals surface area (Å²) in [5.74, 6) is -2.51. The number of hydrogen-bond acceptors (Lipinski definition) is 4. The number of nitrogens with one attached hydrogen (secondary N) is 4. The number of anilines is 1. The van der Waals surface area contributed by atoms with Crippen molar-refractivity contribution in [3.63, 3.8) is 0 Å². The smallest absolute Gasteiger partial charge is 0.305 e. The van der Waals surface area contributed by atoms with Gasteiger partial charge < -0.3 is 26.8 Å². The van der Waals surface area contributed by atoms with E-state index in [1.165, 1.54) is 24.3 Å². The number of halogens is 2. The van der Waals surface area contributed by atoms with Gasteiger partial charge in [-0.3, -0.25) is 19.8 Å². The molecule has 0 saturated heterocycles. The Bertz CT molecular complexity index is 983. The second-order valence-corrected chi connectivity index (χ2v) is 7.01. The Hall–Kier alpha value is -3.30. The van der Waals surface area contributed by atoms with Crippen LogP contribution in [0, 0.1) is 5.41 Å². The molecule has 0 heterocycles. The van der Waals surface area contributed by atoms with Gasteiger partial charge in [-0.05, 0) is 35.9 Å². The molecule has 0 aliphatic carbocycles. The number of carboxylic acids is 1. The summed E-state index contributed by atoms with van der Waals surface area (Å²) in [5.41, 5.74) is 6.42. The summed E-state index contributed by atoms with van der Waals surface area (Å²) in [6.45, 7) is -0.374. The number of rotatable bonds is 8. The molecule has 1 unspecified atom stereocenters. The SMILES string of the molecule is N=C(N)Nc1cccc(C(=O)NCC(=O)NC(CC(=O)O)c2ccc(Cl)c(Cl)c2)c1. The molecule has 0 aliphatic rings. The van der Waals surface area contributed by atoms with Gasteiger partial charge in [-0.1, -0.05) is 35.3 Å². The molecule has 2 amide bonds. The molecule has 2 aromatic carbocycles. The number of amides is 2. The van der Waals surface area contributed by atoms with Crippen LogP contribution in [-0.4, -0.2) is 35.4 Å². The number of carbonyl (C=O) groups excluding carboxylic acids is 2. The van der Waals surface area contributed by atoms with Crippen LogP contribution in [0.2, 0.25) is 10.0 Å². The van der Waals surface area contributed by atoms with Gasteiger partial charge in [-0.25, -0.2) is 0 Å². The van der Waals surface area contributed by atoms with Gasteiger partial charge in [0.1, 0.15) is 0 Å². The molecule has 0 aromatic heterocycles. The van der Waals surface area contributed by atoms with Gasteiger partial charge in [0.05, 0.1) is 29.1 Å². The lowest BCUT2D eigenvalue weighted by Crippen LogP contribution is -2.39. The van der Waals surface area contributed by atoms with Gasteiger partial charge in [0.2, 0.25) is 5.91 Å². The lowest BCUT2D eigenvalue weighted by molar-refractivity contribution is -0.137. The zero-order chi connectivity index (χ0) is 22.3. The van der Waals surface area contributed by atoms with Crippen molar-refractivity contribution in [3.8, 4) is 0 Å². The summed E-state index contributed by atoms with van der Waals surface area (Å²) < 4.78 is 0. The minimum absolute atomic E-state index is 0.228. The molecule has 0 saturated carbocycles. The molecule has 2 aromatic rings. The summed E-state index contributed by atoms with van der Waals surface area (Å²) in [5, 5.41) is 24.4. The van der Waals surface area contributed by atoms with Crippen LogP contribution in [-0.2, 0) is 9.59 Å². The topological polar surface area (TPSA) is 157 Å². The number of carboxylic acid groups (broad SMARTS) is 1. The number of hydrogen-bond donors (Lipinski definition) is 6. The average Bonchev–Trinajstić information content (AvgIpc) is 2.67. The Morgan fingerprint density at radius 3 is 2.47 bits per heavy atom. The first kappa shape index (κ1) is 23.0. The molecule has 7 N–H and O–H groups in total. The van der Waals surface area contributed by atoms with E-state index in [4.69, 9.17) is 39.5 Å². The van der Waals surface area contributed by atoms with E-state index in [-0.39, 0.29) is 29.5 Å². The summed E-state index contributed by atoms with van der Waals surface area (Å²) in [6.07, 6.45) is -0.379. The predicted octanol–water partition coefficient (Wildman–Crippen LogP) is 2.36. The maximum atomic E-state index is 12.3. The fourth-order valence-electron chi connectivity index (χ4n) is 2.56. The molecule has 0 bridgehead atoms. The fourth-order valence-corrected chi connectivity index (χ4v) is 2.86. The van der Waals surface area contributed by atoms with Crippen molar-refractivity contribution in [1.82, 2.24) is 10.6 Å². The zero-order valence-corrected chi connectivity index (χ0v) is 17.1. The molecular weight excluding hydrogens is 433 g/mol. The number of nitrogens with two attached hydrogens (primary N) is 1. The Morgan fingerprint density at radius 1 is 1.10 bits per heavy atom. The van der Waals surface area contributed by atoms with E-state index in [2.05, 4.69) is 16.0 Å². The van der Waals surface area contributed by atoms with Crippen LogP contribution >= 0.6 is 23.2 Å². The van der Waals surface area contributed by atoms with Crippen LogP contribution in [0.5, 0.6) is 0 Å². The first-order valence-electron chi connectivity index (χ1n) is 8.61. The highest BCUT2D eigenvalue weighted by Crippen LogP contribution is 2.27. The Balaban J connectivity index is 2.01. The van der Waals surface area contributed by atoms with Crippen LogP contribution in [0.3, 0.4) is 0 Å². The van der Waals surface area contributed by atoms with Crippen molar-refractivity contribution in [2.75, 3.05) is 11.9 Å². The van der Waals surface area contributed by atoms with E-state index in [9.17, 15) is 14.4 Å². The molecular formula is C19H19Cl2N5O4. The van der Waals surface area contributed by atoms with E-state index in [1.807, 2.05) is 0 Å². The predicted molar refractivity (Wildman–Crippen MR) is 114 cm³/mol. The van der Waals surface area contributed by atoms with Crippen LogP contribution in [0.4, 0.5) is 5.69 Å². The lowest BCUT2D eigenvalue weighted by atomic mass is 10.0. The molecule has 11 heteroatoms. The normalized spacial score (nSPS) is 11.3. The second kappa shape index (κ2) is 10.5. The zero-order valence-electron chi connectivity index (χ0n) is 15.5. The molecule has 158 valence electrons. The summed E-state index contributed by atoms with van der Waals surface area (Å²) in [7, 11) is 0.